The van der Waals surface area contributed by atoms with Crippen LogP contribution in [0.3, 0.4) is 0 Å². The highest BCUT2D eigenvalue weighted by Gasteiger charge is 2.21. The van der Waals surface area contributed by atoms with Gasteiger partial charge in [0, 0.05) is 22.6 Å². The number of hydrogen-bond donors (Lipinski definition) is 1. The molecule has 0 saturated heterocycles. The molecular weight excluding hydrogens is 392 g/mol. The van der Waals surface area contributed by atoms with Crippen LogP contribution < -0.4 is 19.5 Å². The van der Waals surface area contributed by atoms with Crippen molar-refractivity contribution >= 4 is 28.7 Å². The summed E-state index contributed by atoms with van der Waals surface area (Å²) in [5, 5.41) is 5.69. The summed E-state index contributed by atoms with van der Waals surface area (Å²) in [7, 11) is 0. The molecule has 7 nitrogen and oxygen atoms in total. The first kappa shape index (κ1) is 18.9. The number of aromatic nitrogens is 1. The number of hydrogen-bond acceptors (Lipinski definition) is 7. The molecule has 3 aromatic rings. The number of aryl methyl sites for hydroxylation is 1. The van der Waals surface area contributed by atoms with E-state index in [0.717, 1.165) is 10.7 Å². The number of rotatable bonds is 6. The Morgan fingerprint density at radius 3 is 2.72 bits per heavy atom. The number of ketones is 1. The number of thiazole rings is 1. The van der Waals surface area contributed by atoms with Gasteiger partial charge in [-0.15, -0.1) is 11.3 Å². The summed E-state index contributed by atoms with van der Waals surface area (Å²) in [4.78, 5) is 29.1. The van der Waals surface area contributed by atoms with E-state index in [2.05, 4.69) is 10.3 Å². The molecule has 2 aromatic carbocycles. The molecule has 0 unspecified atom stereocenters. The molecule has 2 heterocycles. The van der Waals surface area contributed by atoms with E-state index < -0.39 is 0 Å². The number of fused-ring (bicyclic) bond motifs is 1. The lowest BCUT2D eigenvalue weighted by Gasteiger charge is -2.11. The summed E-state index contributed by atoms with van der Waals surface area (Å²) < 4.78 is 16.4. The number of ether oxygens (including phenoxy) is 3. The van der Waals surface area contributed by atoms with Crippen LogP contribution >= 0.6 is 11.3 Å². The highest BCUT2D eigenvalue weighted by molar-refractivity contribution is 7.09. The van der Waals surface area contributed by atoms with Gasteiger partial charge in [-0.05, 0) is 38.1 Å². The van der Waals surface area contributed by atoms with Crippen LogP contribution in [0.25, 0.3) is 0 Å². The van der Waals surface area contributed by atoms with Gasteiger partial charge >= 0.3 is 0 Å². The van der Waals surface area contributed by atoms with Crippen LogP contribution in [-0.2, 0) is 6.61 Å². The molecule has 1 aliphatic heterocycles. The van der Waals surface area contributed by atoms with E-state index >= 15 is 0 Å². The van der Waals surface area contributed by atoms with E-state index in [1.54, 1.807) is 47.7 Å². The molecule has 29 heavy (non-hydrogen) atoms. The topological polar surface area (TPSA) is 86.8 Å². The lowest BCUT2D eigenvalue weighted by Crippen LogP contribution is -2.14. The maximum atomic E-state index is 12.8. The summed E-state index contributed by atoms with van der Waals surface area (Å²) in [6.07, 6.45) is 0. The Bertz CT molecular complexity index is 1090. The van der Waals surface area contributed by atoms with Crippen molar-refractivity contribution in [1.82, 2.24) is 4.98 Å². The van der Waals surface area contributed by atoms with Crippen LogP contribution in [0.15, 0.2) is 41.8 Å². The summed E-state index contributed by atoms with van der Waals surface area (Å²) in [5.41, 5.74) is 1.97. The molecule has 0 saturated carbocycles. The molecule has 1 aliphatic rings. The minimum Gasteiger partial charge on any atom is -0.487 e. The van der Waals surface area contributed by atoms with Gasteiger partial charge < -0.3 is 19.5 Å². The van der Waals surface area contributed by atoms with E-state index in [1.807, 2.05) is 12.3 Å². The maximum absolute atomic E-state index is 12.8. The Morgan fingerprint density at radius 1 is 1.21 bits per heavy atom. The SMILES string of the molecule is CC(=O)c1cc2c(cc1NC(=O)c1cccc(OCc3csc(C)n3)c1)OCO2. The van der Waals surface area contributed by atoms with Crippen LogP contribution in [0.4, 0.5) is 5.69 Å². The smallest absolute Gasteiger partial charge is 0.255 e. The van der Waals surface area contributed by atoms with Crippen molar-refractivity contribution in [2.24, 2.45) is 0 Å². The standard InChI is InChI=1S/C21H18N2O5S/c1-12(24)17-7-19-20(28-11-27-19)8-18(17)23-21(25)14-4-3-5-16(6-14)26-9-15-10-29-13(2)22-15/h3-8,10H,9,11H2,1-2H3,(H,23,25). The van der Waals surface area contributed by atoms with E-state index in [-0.39, 0.29) is 18.5 Å². The maximum Gasteiger partial charge on any atom is 0.255 e. The molecule has 0 aliphatic carbocycles. The Balaban J connectivity index is 1.51. The van der Waals surface area contributed by atoms with Crippen molar-refractivity contribution in [2.45, 2.75) is 20.5 Å². The van der Waals surface area contributed by atoms with Crippen molar-refractivity contribution in [3.05, 3.63) is 63.6 Å². The molecular formula is C21H18N2O5S. The summed E-state index contributed by atoms with van der Waals surface area (Å²) in [5.74, 6) is 0.984. The van der Waals surface area contributed by atoms with Gasteiger partial charge in [0.15, 0.2) is 17.3 Å². The van der Waals surface area contributed by atoms with Crippen LogP contribution in [0, 0.1) is 6.92 Å². The van der Waals surface area contributed by atoms with Crippen molar-refractivity contribution < 1.29 is 23.8 Å². The van der Waals surface area contributed by atoms with Gasteiger partial charge in [-0.25, -0.2) is 4.98 Å². The van der Waals surface area contributed by atoms with Gasteiger partial charge in [-0.2, -0.15) is 0 Å². The Labute approximate surface area is 171 Å². The third-order valence-electron chi connectivity index (χ3n) is 4.29. The number of benzene rings is 2. The fourth-order valence-corrected chi connectivity index (χ4v) is 3.49. The number of Topliss-reactive ketones (excluding diaryl/α,β-unsaturated/α-hetero) is 1. The average Bonchev–Trinajstić information content (AvgIpc) is 3.34. The second kappa shape index (κ2) is 7.92. The van der Waals surface area contributed by atoms with Crippen molar-refractivity contribution in [2.75, 3.05) is 12.1 Å². The van der Waals surface area contributed by atoms with Gasteiger partial charge in [0.1, 0.15) is 12.4 Å². The van der Waals surface area contributed by atoms with Gasteiger partial charge in [-0.1, -0.05) is 6.07 Å². The van der Waals surface area contributed by atoms with Crippen LogP contribution in [-0.4, -0.2) is 23.5 Å². The zero-order chi connectivity index (χ0) is 20.4. The fraction of sp³-hybridized carbons (Fsp3) is 0.190. The summed E-state index contributed by atoms with van der Waals surface area (Å²) >= 11 is 1.56. The monoisotopic (exact) mass is 410 g/mol. The normalized spacial score (nSPS) is 11.9. The number of nitrogens with one attached hydrogen (secondary N) is 1. The van der Waals surface area contributed by atoms with Gasteiger partial charge in [0.05, 0.1) is 16.4 Å². The van der Waals surface area contributed by atoms with Gasteiger partial charge in [0.2, 0.25) is 6.79 Å². The van der Waals surface area contributed by atoms with Crippen LogP contribution in [0.2, 0.25) is 0 Å². The Kier molecular flexibility index (Phi) is 5.18. The number of carbonyl (C=O) groups excluding carboxylic acids is 2. The number of nitrogens with zero attached hydrogens (tertiary/aromatic N) is 1. The first-order valence-electron chi connectivity index (χ1n) is 8.89. The van der Waals surface area contributed by atoms with Crippen LogP contribution in [0.1, 0.15) is 38.3 Å². The molecule has 4 rings (SSSR count). The molecule has 0 atom stereocenters. The first-order chi connectivity index (χ1) is 14.0. The van der Waals surface area contributed by atoms with Crippen molar-refractivity contribution in [3.63, 3.8) is 0 Å². The van der Waals surface area contributed by atoms with E-state index in [1.165, 1.54) is 6.92 Å². The van der Waals surface area contributed by atoms with Crippen molar-refractivity contribution in [1.29, 1.82) is 0 Å². The van der Waals surface area contributed by atoms with E-state index in [0.29, 0.717) is 40.7 Å². The molecule has 0 radical (unpaired) electrons. The van der Waals surface area contributed by atoms with Crippen LogP contribution in [0.5, 0.6) is 17.2 Å². The highest BCUT2D eigenvalue weighted by atomic mass is 32.1. The predicted molar refractivity (Wildman–Crippen MR) is 108 cm³/mol. The molecule has 0 fully saturated rings. The van der Waals surface area contributed by atoms with Crippen molar-refractivity contribution in [3.8, 4) is 17.2 Å². The van der Waals surface area contributed by atoms with Gasteiger partial charge in [-0.3, -0.25) is 9.59 Å². The molecule has 1 amide bonds. The first-order valence-corrected chi connectivity index (χ1v) is 9.77. The zero-order valence-electron chi connectivity index (χ0n) is 15.9. The van der Waals surface area contributed by atoms with E-state index in [9.17, 15) is 9.59 Å². The third-order valence-corrected chi connectivity index (χ3v) is 5.11. The zero-order valence-corrected chi connectivity index (χ0v) is 16.7. The molecule has 1 N–H and O–H groups in total. The second-order valence-electron chi connectivity index (χ2n) is 6.44. The Morgan fingerprint density at radius 2 is 2.00 bits per heavy atom. The molecule has 148 valence electrons. The molecule has 0 spiro atoms. The quantitative estimate of drug-likeness (QED) is 0.613. The lowest BCUT2D eigenvalue weighted by molar-refractivity contribution is 0.101. The van der Waals surface area contributed by atoms with Gasteiger partial charge in [0.25, 0.3) is 5.91 Å². The minimum atomic E-state index is -0.360. The molecule has 0 bridgehead atoms. The third kappa shape index (κ3) is 4.22. The summed E-state index contributed by atoms with van der Waals surface area (Å²) in [6.45, 7) is 3.78. The Hall–Kier alpha value is -3.39. The average molecular weight is 410 g/mol. The second-order valence-corrected chi connectivity index (χ2v) is 7.50. The molecule has 8 heteroatoms. The lowest BCUT2D eigenvalue weighted by atomic mass is 10.1. The largest absolute Gasteiger partial charge is 0.487 e. The predicted octanol–water partition coefficient (Wildman–Crippen LogP) is 4.21. The number of carbonyl (C=O) groups is 2. The highest BCUT2D eigenvalue weighted by Crippen LogP contribution is 2.37. The fourth-order valence-electron chi connectivity index (χ4n) is 2.89. The summed E-state index contributed by atoms with van der Waals surface area (Å²) in [6, 6.07) is 10.0. The minimum absolute atomic E-state index is 0.0853. The molecule has 1 aromatic heterocycles. The van der Waals surface area contributed by atoms with E-state index in [4.69, 9.17) is 14.2 Å². The number of anilines is 1. The number of amides is 1.